The van der Waals surface area contributed by atoms with Crippen LogP contribution in [0.2, 0.25) is 0 Å². The molecule has 0 saturated heterocycles. The summed E-state index contributed by atoms with van der Waals surface area (Å²) in [4.78, 5) is 8.21. The zero-order valence-electron chi connectivity index (χ0n) is 13.5. The highest BCUT2D eigenvalue weighted by molar-refractivity contribution is 5.83. The van der Waals surface area contributed by atoms with E-state index >= 15 is 0 Å². The number of phenolic OH excluding ortho intramolecular Hbond substituents is 1. The third-order valence-corrected chi connectivity index (χ3v) is 3.12. The Morgan fingerprint density at radius 2 is 1.33 bits per heavy atom. The largest absolute Gasteiger partial charge is 0.506 e. The van der Waals surface area contributed by atoms with Gasteiger partial charge < -0.3 is 10.2 Å². The van der Waals surface area contributed by atoms with Crippen LogP contribution >= 0.6 is 0 Å². The second-order valence-electron chi connectivity index (χ2n) is 4.86. The van der Waals surface area contributed by atoms with Gasteiger partial charge in [0, 0.05) is 29.8 Å². The number of phenols is 1. The Balaban J connectivity index is 0.000000150. The molecule has 4 nitrogen and oxygen atoms in total. The molecule has 4 rings (SSSR count). The maximum absolute atomic E-state index is 9.31. The fourth-order valence-electron chi connectivity index (χ4n) is 2.10. The summed E-state index contributed by atoms with van der Waals surface area (Å²) in [6.45, 7) is 1.93. The van der Waals surface area contributed by atoms with Gasteiger partial charge in [0.1, 0.15) is 11.3 Å². The highest BCUT2D eigenvalue weighted by atomic mass is 16.3. The van der Waals surface area contributed by atoms with E-state index in [0.717, 1.165) is 10.9 Å². The maximum atomic E-state index is 9.31. The molecule has 0 aliphatic heterocycles. The third kappa shape index (κ3) is 4.76. The average molecular weight is 320 g/mol. The highest BCUT2D eigenvalue weighted by Gasteiger charge is 1.96. The van der Waals surface area contributed by atoms with E-state index in [1.807, 2.05) is 48.7 Å². The molecule has 0 spiro atoms. The van der Waals surface area contributed by atoms with Crippen molar-refractivity contribution in [2.45, 2.75) is 6.92 Å². The monoisotopic (exact) mass is 320 g/mol. The molecule has 2 heterocycles. The number of aliphatic hydroxyl groups excluding tert-OH is 1. The first-order chi connectivity index (χ1) is 11.8. The minimum absolute atomic E-state index is 0.239. The first-order valence-electron chi connectivity index (χ1n) is 7.69. The standard InChI is InChI=1S/C9H7NO.C9H7N.C2H6O/c11-8-5-1-3-7-4-2-6-10-9(7)8;1-2-6-9-8(4-1)5-3-7-10-9;1-2-3/h1-6,11H;1-7H;3H,2H2,1H3. The summed E-state index contributed by atoms with van der Waals surface area (Å²) in [6, 6.07) is 21.2. The van der Waals surface area contributed by atoms with E-state index in [1.165, 1.54) is 5.39 Å². The summed E-state index contributed by atoms with van der Waals surface area (Å²) in [6.07, 6.45) is 3.48. The lowest BCUT2D eigenvalue weighted by atomic mass is 10.2. The molecule has 0 aliphatic rings. The lowest BCUT2D eigenvalue weighted by molar-refractivity contribution is 0.318. The van der Waals surface area contributed by atoms with E-state index in [2.05, 4.69) is 22.1 Å². The molecule has 0 unspecified atom stereocenters. The molecule has 4 aromatic rings. The first kappa shape index (κ1) is 17.4. The summed E-state index contributed by atoms with van der Waals surface area (Å²) >= 11 is 0. The molecule has 0 radical (unpaired) electrons. The number of para-hydroxylation sites is 2. The molecule has 0 amide bonds. The topological polar surface area (TPSA) is 66.2 Å². The van der Waals surface area contributed by atoms with Crippen molar-refractivity contribution in [1.82, 2.24) is 9.97 Å². The van der Waals surface area contributed by atoms with Crippen molar-refractivity contribution in [2.75, 3.05) is 6.61 Å². The summed E-state index contributed by atoms with van der Waals surface area (Å²) in [5.41, 5.74) is 1.72. The van der Waals surface area contributed by atoms with Crippen LogP contribution in [0.25, 0.3) is 21.8 Å². The highest BCUT2D eigenvalue weighted by Crippen LogP contribution is 2.20. The van der Waals surface area contributed by atoms with Crippen molar-refractivity contribution in [3.05, 3.63) is 79.1 Å². The molecular formula is C20H20N2O2. The van der Waals surface area contributed by atoms with E-state index in [1.54, 1.807) is 25.3 Å². The van der Waals surface area contributed by atoms with Gasteiger partial charge in [-0.15, -0.1) is 0 Å². The van der Waals surface area contributed by atoms with Crippen LogP contribution in [0.3, 0.4) is 0 Å². The molecule has 0 atom stereocenters. The second-order valence-corrected chi connectivity index (χ2v) is 4.86. The number of hydrogen-bond donors (Lipinski definition) is 2. The lowest BCUT2D eigenvalue weighted by Crippen LogP contribution is -1.76. The second kappa shape index (κ2) is 9.22. The lowest BCUT2D eigenvalue weighted by Gasteiger charge is -1.96. The zero-order chi connectivity index (χ0) is 17.2. The van der Waals surface area contributed by atoms with E-state index < -0.39 is 0 Å². The van der Waals surface area contributed by atoms with Crippen LogP contribution in [0.5, 0.6) is 5.75 Å². The summed E-state index contributed by atoms with van der Waals surface area (Å²) in [5.74, 6) is 0.239. The van der Waals surface area contributed by atoms with E-state index in [9.17, 15) is 5.11 Å². The molecule has 24 heavy (non-hydrogen) atoms. The van der Waals surface area contributed by atoms with Crippen molar-refractivity contribution >= 4 is 21.8 Å². The Morgan fingerprint density at radius 1 is 0.750 bits per heavy atom. The van der Waals surface area contributed by atoms with Crippen molar-refractivity contribution < 1.29 is 10.2 Å². The van der Waals surface area contributed by atoms with Crippen LogP contribution in [0.4, 0.5) is 0 Å². The number of aromatic nitrogens is 2. The predicted octanol–water partition coefficient (Wildman–Crippen LogP) is 4.17. The molecule has 4 heteroatoms. The zero-order valence-corrected chi connectivity index (χ0v) is 13.5. The minimum atomic E-state index is 0.239. The number of rotatable bonds is 0. The van der Waals surface area contributed by atoms with Gasteiger partial charge in [0.25, 0.3) is 0 Å². The molecule has 0 bridgehead atoms. The van der Waals surface area contributed by atoms with Gasteiger partial charge in [0.15, 0.2) is 0 Å². The molecular weight excluding hydrogens is 300 g/mol. The summed E-state index contributed by atoms with van der Waals surface area (Å²) in [5, 5.41) is 19.0. The minimum Gasteiger partial charge on any atom is -0.506 e. The normalized spacial score (nSPS) is 9.58. The Hall–Kier alpha value is -2.98. The molecule has 2 aromatic heterocycles. The Bertz CT molecular complexity index is 823. The van der Waals surface area contributed by atoms with E-state index in [4.69, 9.17) is 5.11 Å². The van der Waals surface area contributed by atoms with Crippen LogP contribution in [-0.2, 0) is 0 Å². The number of pyridine rings is 2. The van der Waals surface area contributed by atoms with Gasteiger partial charge in [-0.2, -0.15) is 0 Å². The van der Waals surface area contributed by atoms with Crippen molar-refractivity contribution in [3.8, 4) is 5.75 Å². The quantitative estimate of drug-likeness (QED) is 0.510. The van der Waals surface area contributed by atoms with Gasteiger partial charge in [-0.25, -0.2) is 0 Å². The SMILES string of the molecule is CCO.Oc1cccc2cccnc12.c1ccc2ncccc2c1. The van der Waals surface area contributed by atoms with Crippen LogP contribution in [0.1, 0.15) is 6.92 Å². The smallest absolute Gasteiger partial charge is 0.141 e. The Kier molecular flexibility index (Phi) is 6.68. The van der Waals surface area contributed by atoms with Crippen molar-refractivity contribution in [3.63, 3.8) is 0 Å². The first-order valence-corrected chi connectivity index (χ1v) is 7.69. The maximum Gasteiger partial charge on any atom is 0.141 e. The molecule has 0 saturated carbocycles. The molecule has 0 aliphatic carbocycles. The van der Waals surface area contributed by atoms with Crippen molar-refractivity contribution in [2.24, 2.45) is 0 Å². The average Bonchev–Trinajstić information content (AvgIpc) is 2.64. The van der Waals surface area contributed by atoms with E-state index in [-0.39, 0.29) is 12.4 Å². The van der Waals surface area contributed by atoms with Crippen LogP contribution < -0.4 is 0 Å². The number of hydrogen-bond acceptors (Lipinski definition) is 4. The number of fused-ring (bicyclic) bond motifs is 2. The number of nitrogens with zero attached hydrogens (tertiary/aromatic N) is 2. The molecule has 0 fully saturated rings. The number of aliphatic hydroxyl groups is 1. The fraction of sp³-hybridized carbons (Fsp3) is 0.100. The molecule has 2 aromatic carbocycles. The predicted molar refractivity (Wildman–Crippen MR) is 97.9 cm³/mol. The number of benzene rings is 2. The molecule has 2 N–H and O–H groups in total. The van der Waals surface area contributed by atoms with Crippen molar-refractivity contribution in [1.29, 1.82) is 0 Å². The van der Waals surface area contributed by atoms with Gasteiger partial charge in [-0.1, -0.05) is 42.5 Å². The number of aromatic hydroxyl groups is 1. The van der Waals surface area contributed by atoms with Crippen LogP contribution in [-0.4, -0.2) is 26.8 Å². The Labute approximate surface area is 141 Å². The van der Waals surface area contributed by atoms with E-state index in [0.29, 0.717) is 5.52 Å². The van der Waals surface area contributed by atoms with Crippen LogP contribution in [0, 0.1) is 0 Å². The summed E-state index contributed by atoms with van der Waals surface area (Å²) in [7, 11) is 0. The Morgan fingerprint density at radius 3 is 2.04 bits per heavy atom. The molecule has 122 valence electrons. The van der Waals surface area contributed by atoms with Gasteiger partial charge in [-0.05, 0) is 31.2 Å². The van der Waals surface area contributed by atoms with Crippen LogP contribution in [0.15, 0.2) is 79.1 Å². The summed E-state index contributed by atoms with van der Waals surface area (Å²) < 4.78 is 0. The van der Waals surface area contributed by atoms with Gasteiger partial charge >= 0.3 is 0 Å². The fourth-order valence-corrected chi connectivity index (χ4v) is 2.10. The van der Waals surface area contributed by atoms with Gasteiger partial charge in [0.2, 0.25) is 0 Å². The third-order valence-electron chi connectivity index (χ3n) is 3.12. The van der Waals surface area contributed by atoms with Gasteiger partial charge in [0.05, 0.1) is 5.52 Å². The van der Waals surface area contributed by atoms with Gasteiger partial charge in [-0.3, -0.25) is 9.97 Å².